The molecule has 1 aromatic rings. The smallest absolute Gasteiger partial charge is 0.336 e. The third-order valence-corrected chi connectivity index (χ3v) is 3.30. The highest BCUT2D eigenvalue weighted by Gasteiger charge is 2.31. The van der Waals surface area contributed by atoms with E-state index in [1.807, 2.05) is 6.92 Å². The lowest BCUT2D eigenvalue weighted by molar-refractivity contribution is -0.158. The molecule has 1 saturated heterocycles. The Bertz CT molecular complexity index is 512. The van der Waals surface area contributed by atoms with Crippen LogP contribution < -0.4 is 5.73 Å². The van der Waals surface area contributed by atoms with Gasteiger partial charge in [-0.2, -0.15) is 0 Å². The van der Waals surface area contributed by atoms with Gasteiger partial charge in [0.2, 0.25) is 0 Å². The molecule has 0 aromatic carbocycles. The number of aromatic nitrogens is 1. The summed E-state index contributed by atoms with van der Waals surface area (Å²) in [6.07, 6.45) is 1.01. The van der Waals surface area contributed by atoms with Crippen LogP contribution in [0.2, 0.25) is 0 Å². The molecule has 2 heterocycles. The van der Waals surface area contributed by atoms with Crippen LogP contribution in [0.3, 0.4) is 0 Å². The van der Waals surface area contributed by atoms with Gasteiger partial charge >= 0.3 is 5.97 Å². The number of hydrogen-bond donors (Lipinski definition) is 1. The predicted octanol–water partition coefficient (Wildman–Crippen LogP) is 0.104. The summed E-state index contributed by atoms with van der Waals surface area (Å²) in [6, 6.07) is 1.65. The highest BCUT2D eigenvalue weighted by atomic mass is 16.6. The number of nitrogens with two attached hydrogens (primary N) is 1. The average molecular weight is 281 g/mol. The highest BCUT2D eigenvalue weighted by molar-refractivity contribution is 5.94. The van der Waals surface area contributed by atoms with Crippen molar-refractivity contribution in [3.05, 3.63) is 18.0 Å². The molecule has 2 N–H and O–H groups in total. The van der Waals surface area contributed by atoms with Gasteiger partial charge in [-0.05, 0) is 13.0 Å². The van der Waals surface area contributed by atoms with E-state index in [1.165, 1.54) is 7.11 Å². The number of aryl methyl sites for hydroxylation is 1. The highest BCUT2D eigenvalue weighted by Crippen LogP contribution is 2.16. The van der Waals surface area contributed by atoms with Crippen molar-refractivity contribution < 1.29 is 19.1 Å². The molecule has 0 saturated carbocycles. The molecule has 1 aliphatic heterocycles. The first-order valence-electron chi connectivity index (χ1n) is 6.51. The van der Waals surface area contributed by atoms with E-state index < -0.39 is 12.1 Å². The van der Waals surface area contributed by atoms with Crippen LogP contribution >= 0.6 is 0 Å². The quantitative estimate of drug-likeness (QED) is 0.794. The Balaban J connectivity index is 2.14. The zero-order valence-corrected chi connectivity index (χ0v) is 11.7. The van der Waals surface area contributed by atoms with Crippen LogP contribution in [-0.2, 0) is 20.8 Å². The lowest BCUT2D eigenvalue weighted by Crippen LogP contribution is -2.49. The number of esters is 1. The maximum absolute atomic E-state index is 12.5. The van der Waals surface area contributed by atoms with Crippen LogP contribution in [0.25, 0.3) is 0 Å². The third kappa shape index (κ3) is 2.77. The van der Waals surface area contributed by atoms with Crippen molar-refractivity contribution in [2.75, 3.05) is 32.5 Å². The number of amides is 1. The number of carbonyl (C=O) groups excluding carboxylic acids is 2. The first-order valence-corrected chi connectivity index (χ1v) is 6.51. The first-order chi connectivity index (χ1) is 9.56. The number of rotatable bonds is 3. The molecule has 1 unspecified atom stereocenters. The van der Waals surface area contributed by atoms with E-state index in [9.17, 15) is 9.59 Å². The molecular formula is C13H19N3O4. The van der Waals surface area contributed by atoms with Crippen molar-refractivity contribution in [3.63, 3.8) is 0 Å². The van der Waals surface area contributed by atoms with Gasteiger partial charge in [-0.25, -0.2) is 4.79 Å². The number of ether oxygens (including phenoxy) is 2. The third-order valence-electron chi connectivity index (χ3n) is 3.30. The Morgan fingerprint density at radius 1 is 1.55 bits per heavy atom. The molecule has 20 heavy (non-hydrogen) atoms. The van der Waals surface area contributed by atoms with E-state index in [-0.39, 0.29) is 12.5 Å². The second kappa shape index (κ2) is 5.96. The summed E-state index contributed by atoms with van der Waals surface area (Å²) in [6.45, 7) is 3.55. The van der Waals surface area contributed by atoms with Crippen molar-refractivity contribution in [1.29, 1.82) is 0 Å². The molecule has 1 amide bonds. The van der Waals surface area contributed by atoms with Gasteiger partial charge in [0.05, 0.1) is 25.9 Å². The van der Waals surface area contributed by atoms with Crippen LogP contribution in [0.15, 0.2) is 12.3 Å². The lowest BCUT2D eigenvalue weighted by atomic mass is 10.2. The van der Waals surface area contributed by atoms with Gasteiger partial charge in [-0.15, -0.1) is 0 Å². The summed E-state index contributed by atoms with van der Waals surface area (Å²) < 4.78 is 11.7. The zero-order chi connectivity index (χ0) is 14.7. The minimum Gasteiger partial charge on any atom is -0.467 e. The largest absolute Gasteiger partial charge is 0.467 e. The van der Waals surface area contributed by atoms with E-state index in [0.717, 1.165) is 0 Å². The van der Waals surface area contributed by atoms with Gasteiger partial charge in [-0.1, -0.05) is 0 Å². The van der Waals surface area contributed by atoms with Gasteiger partial charge in [0.15, 0.2) is 6.10 Å². The Morgan fingerprint density at radius 2 is 2.30 bits per heavy atom. The fourth-order valence-electron chi connectivity index (χ4n) is 2.24. The Hall–Kier alpha value is -2.02. The van der Waals surface area contributed by atoms with Crippen molar-refractivity contribution in [2.24, 2.45) is 0 Å². The van der Waals surface area contributed by atoms with Crippen LogP contribution in [0, 0.1) is 0 Å². The number of methoxy groups -OCH3 is 1. The number of nitrogens with zero attached hydrogens (tertiary/aromatic N) is 2. The molecule has 0 aliphatic carbocycles. The van der Waals surface area contributed by atoms with E-state index >= 15 is 0 Å². The number of carbonyl (C=O) groups is 2. The molecule has 110 valence electrons. The van der Waals surface area contributed by atoms with Crippen LogP contribution in [0.5, 0.6) is 0 Å². The monoisotopic (exact) mass is 281 g/mol. The van der Waals surface area contributed by atoms with E-state index in [0.29, 0.717) is 31.1 Å². The summed E-state index contributed by atoms with van der Waals surface area (Å²) in [7, 11) is 1.30. The van der Waals surface area contributed by atoms with Crippen molar-refractivity contribution >= 4 is 17.6 Å². The topological polar surface area (TPSA) is 86.8 Å². The summed E-state index contributed by atoms with van der Waals surface area (Å²) in [5.74, 6) is -0.617. The van der Waals surface area contributed by atoms with Gasteiger partial charge in [0, 0.05) is 19.3 Å². The summed E-state index contributed by atoms with van der Waals surface area (Å²) in [5.41, 5.74) is 6.80. The molecule has 2 rings (SSSR count). The SMILES string of the molecule is CCn1cc(N)cc1C(=O)N1CCOC(C(=O)OC)C1. The number of anilines is 1. The molecule has 0 spiro atoms. The molecule has 7 heteroatoms. The summed E-state index contributed by atoms with van der Waals surface area (Å²) in [4.78, 5) is 25.6. The fraction of sp³-hybridized carbons (Fsp3) is 0.538. The summed E-state index contributed by atoms with van der Waals surface area (Å²) >= 11 is 0. The zero-order valence-electron chi connectivity index (χ0n) is 11.7. The van der Waals surface area contributed by atoms with E-state index in [4.69, 9.17) is 10.5 Å². The summed E-state index contributed by atoms with van der Waals surface area (Å²) in [5, 5.41) is 0. The normalized spacial score (nSPS) is 18.9. The van der Waals surface area contributed by atoms with Gasteiger partial charge < -0.3 is 24.7 Å². The second-order valence-corrected chi connectivity index (χ2v) is 4.58. The lowest BCUT2D eigenvalue weighted by Gasteiger charge is -2.31. The Kier molecular flexibility index (Phi) is 4.29. The molecule has 1 aromatic heterocycles. The molecule has 1 atom stereocenters. The predicted molar refractivity (Wildman–Crippen MR) is 72.2 cm³/mol. The maximum Gasteiger partial charge on any atom is 0.336 e. The fourth-order valence-corrected chi connectivity index (χ4v) is 2.24. The first kappa shape index (κ1) is 14.4. The molecule has 1 fully saturated rings. The Morgan fingerprint density at radius 3 is 2.95 bits per heavy atom. The number of hydrogen-bond acceptors (Lipinski definition) is 5. The van der Waals surface area contributed by atoms with E-state index in [1.54, 1.807) is 21.7 Å². The number of nitrogen functional groups attached to an aromatic ring is 1. The van der Waals surface area contributed by atoms with Gasteiger partial charge in [-0.3, -0.25) is 4.79 Å². The van der Waals surface area contributed by atoms with E-state index in [2.05, 4.69) is 4.74 Å². The molecule has 7 nitrogen and oxygen atoms in total. The van der Waals surface area contributed by atoms with Crippen LogP contribution in [0.1, 0.15) is 17.4 Å². The van der Waals surface area contributed by atoms with Gasteiger partial charge in [0.25, 0.3) is 5.91 Å². The molecule has 0 radical (unpaired) electrons. The second-order valence-electron chi connectivity index (χ2n) is 4.58. The standard InChI is InChI=1S/C13H19N3O4/c1-3-15-7-9(14)6-10(15)12(17)16-4-5-20-11(8-16)13(18)19-2/h6-7,11H,3-5,8,14H2,1-2H3. The van der Waals surface area contributed by atoms with Crippen molar-refractivity contribution in [3.8, 4) is 0 Å². The van der Waals surface area contributed by atoms with Crippen LogP contribution in [0.4, 0.5) is 5.69 Å². The minimum atomic E-state index is -0.722. The Labute approximate surface area is 117 Å². The average Bonchev–Trinajstić information content (AvgIpc) is 2.86. The molecular weight excluding hydrogens is 262 g/mol. The molecule has 1 aliphatic rings. The van der Waals surface area contributed by atoms with Gasteiger partial charge in [0.1, 0.15) is 5.69 Å². The van der Waals surface area contributed by atoms with Crippen LogP contribution in [-0.4, -0.2) is 54.3 Å². The van der Waals surface area contributed by atoms with Crippen molar-refractivity contribution in [2.45, 2.75) is 19.6 Å². The van der Waals surface area contributed by atoms with Crippen molar-refractivity contribution in [1.82, 2.24) is 9.47 Å². The maximum atomic E-state index is 12.5. The minimum absolute atomic E-state index is 0.152. The number of morpholine rings is 1. The molecule has 0 bridgehead atoms.